The topological polar surface area (TPSA) is 92.9 Å². The summed E-state index contributed by atoms with van der Waals surface area (Å²) in [5.74, 6) is 0.913. The zero-order valence-electron chi connectivity index (χ0n) is 18.3. The standard InChI is InChI=1S/C24H28N2O5/c1-5-31-14-15-10-21(28-2)23(22(11-15)29-3)18-7-6-16(12-20(25)24(27)30-4)17-8-9-26-13-19(17)18/h6-11,13,20H,5,12,14,25H2,1-4H3. The number of carbonyl (C=O) groups excluding carboxylic acids is 1. The van der Waals surface area contributed by atoms with E-state index in [1.165, 1.54) is 7.11 Å². The maximum Gasteiger partial charge on any atom is 0.322 e. The molecule has 7 nitrogen and oxygen atoms in total. The van der Waals surface area contributed by atoms with Gasteiger partial charge in [0, 0.05) is 24.4 Å². The molecule has 31 heavy (non-hydrogen) atoms. The van der Waals surface area contributed by atoms with E-state index in [1.807, 2.05) is 37.3 Å². The Morgan fingerprint density at radius 2 is 1.77 bits per heavy atom. The van der Waals surface area contributed by atoms with E-state index in [0.29, 0.717) is 31.1 Å². The number of carbonyl (C=O) groups is 1. The van der Waals surface area contributed by atoms with Crippen molar-refractivity contribution in [3.63, 3.8) is 0 Å². The summed E-state index contributed by atoms with van der Waals surface area (Å²) in [6.07, 6.45) is 3.87. The van der Waals surface area contributed by atoms with Crippen LogP contribution in [0.1, 0.15) is 18.1 Å². The fourth-order valence-electron chi connectivity index (χ4n) is 3.66. The first-order valence-electron chi connectivity index (χ1n) is 10.1. The Labute approximate surface area is 182 Å². The van der Waals surface area contributed by atoms with Crippen LogP contribution < -0.4 is 15.2 Å². The van der Waals surface area contributed by atoms with E-state index in [4.69, 9.17) is 24.7 Å². The summed E-state index contributed by atoms with van der Waals surface area (Å²) in [6.45, 7) is 3.05. The SMILES string of the molecule is CCOCc1cc(OC)c(-c2ccc(CC(N)C(=O)OC)c3ccncc23)c(OC)c1. The highest BCUT2D eigenvalue weighted by Crippen LogP contribution is 2.43. The molecule has 0 spiro atoms. The molecule has 0 saturated carbocycles. The normalized spacial score (nSPS) is 11.9. The first-order chi connectivity index (χ1) is 15.0. The minimum absolute atomic E-state index is 0.356. The highest BCUT2D eigenvalue weighted by molar-refractivity contribution is 6.01. The zero-order chi connectivity index (χ0) is 22.4. The van der Waals surface area contributed by atoms with Crippen LogP contribution in [0, 0.1) is 0 Å². The lowest BCUT2D eigenvalue weighted by atomic mass is 9.92. The fourth-order valence-corrected chi connectivity index (χ4v) is 3.66. The van der Waals surface area contributed by atoms with E-state index in [9.17, 15) is 4.79 Å². The molecule has 1 unspecified atom stereocenters. The van der Waals surface area contributed by atoms with Gasteiger partial charge in [0.25, 0.3) is 0 Å². The van der Waals surface area contributed by atoms with Crippen molar-refractivity contribution in [3.8, 4) is 22.6 Å². The monoisotopic (exact) mass is 424 g/mol. The van der Waals surface area contributed by atoms with Crippen LogP contribution in [0.25, 0.3) is 21.9 Å². The third kappa shape index (κ3) is 4.78. The maximum atomic E-state index is 11.8. The molecule has 0 amide bonds. The van der Waals surface area contributed by atoms with Gasteiger partial charge in [-0.3, -0.25) is 9.78 Å². The van der Waals surface area contributed by atoms with Gasteiger partial charge in [0.1, 0.15) is 17.5 Å². The van der Waals surface area contributed by atoms with Crippen LogP contribution in [0.5, 0.6) is 11.5 Å². The van der Waals surface area contributed by atoms with Gasteiger partial charge in [-0.15, -0.1) is 0 Å². The molecule has 1 aromatic heterocycles. The van der Waals surface area contributed by atoms with Crippen molar-refractivity contribution in [2.24, 2.45) is 5.73 Å². The van der Waals surface area contributed by atoms with Crippen molar-refractivity contribution in [2.75, 3.05) is 27.9 Å². The first-order valence-corrected chi connectivity index (χ1v) is 10.1. The van der Waals surface area contributed by atoms with Crippen molar-refractivity contribution in [3.05, 3.63) is 53.9 Å². The summed E-state index contributed by atoms with van der Waals surface area (Å²) < 4.78 is 21.7. The number of nitrogens with two attached hydrogens (primary N) is 1. The molecule has 3 rings (SSSR count). The number of hydrogen-bond acceptors (Lipinski definition) is 7. The predicted molar refractivity (Wildman–Crippen MR) is 119 cm³/mol. The molecular formula is C24H28N2O5. The van der Waals surface area contributed by atoms with Gasteiger partial charge in [0.05, 0.1) is 33.5 Å². The van der Waals surface area contributed by atoms with E-state index >= 15 is 0 Å². The van der Waals surface area contributed by atoms with Crippen molar-refractivity contribution in [2.45, 2.75) is 26.0 Å². The van der Waals surface area contributed by atoms with E-state index in [1.54, 1.807) is 26.6 Å². The lowest BCUT2D eigenvalue weighted by Crippen LogP contribution is -2.33. The second-order valence-electron chi connectivity index (χ2n) is 7.04. The second kappa shape index (κ2) is 10.2. The van der Waals surface area contributed by atoms with E-state index in [0.717, 1.165) is 33.0 Å². The van der Waals surface area contributed by atoms with E-state index in [2.05, 4.69) is 4.98 Å². The molecule has 0 radical (unpaired) electrons. The van der Waals surface area contributed by atoms with Crippen LogP contribution >= 0.6 is 0 Å². The van der Waals surface area contributed by atoms with Crippen LogP contribution in [-0.2, 0) is 27.3 Å². The number of ether oxygens (including phenoxy) is 4. The summed E-state index contributed by atoms with van der Waals surface area (Å²) in [4.78, 5) is 16.1. The molecular weight excluding hydrogens is 396 g/mol. The van der Waals surface area contributed by atoms with Crippen molar-refractivity contribution < 1.29 is 23.7 Å². The largest absolute Gasteiger partial charge is 0.496 e. The molecule has 7 heteroatoms. The Morgan fingerprint density at radius 1 is 1.06 bits per heavy atom. The molecule has 0 fully saturated rings. The molecule has 0 bridgehead atoms. The molecule has 0 aliphatic heterocycles. The molecule has 2 aromatic carbocycles. The number of rotatable bonds is 9. The van der Waals surface area contributed by atoms with Gasteiger partial charge in [-0.2, -0.15) is 0 Å². The second-order valence-corrected chi connectivity index (χ2v) is 7.04. The van der Waals surface area contributed by atoms with Crippen LogP contribution in [0.3, 0.4) is 0 Å². The fraction of sp³-hybridized carbons (Fsp3) is 0.333. The Morgan fingerprint density at radius 3 is 2.39 bits per heavy atom. The van der Waals surface area contributed by atoms with Gasteiger partial charge in [-0.05, 0) is 53.6 Å². The van der Waals surface area contributed by atoms with Crippen LogP contribution in [0.4, 0.5) is 0 Å². The van der Waals surface area contributed by atoms with Crippen molar-refractivity contribution in [1.29, 1.82) is 0 Å². The average molecular weight is 424 g/mol. The number of fused-ring (bicyclic) bond motifs is 1. The van der Waals surface area contributed by atoms with Gasteiger partial charge in [-0.25, -0.2) is 0 Å². The quantitative estimate of drug-likeness (QED) is 0.526. The summed E-state index contributed by atoms with van der Waals surface area (Å²) in [6, 6.07) is 9.03. The van der Waals surface area contributed by atoms with Crippen molar-refractivity contribution in [1.82, 2.24) is 4.98 Å². The Bertz CT molecular complexity index is 1040. The smallest absolute Gasteiger partial charge is 0.322 e. The Kier molecular flexibility index (Phi) is 7.44. The van der Waals surface area contributed by atoms with Crippen LogP contribution in [-0.4, -0.2) is 44.9 Å². The van der Waals surface area contributed by atoms with Gasteiger partial charge in [-0.1, -0.05) is 12.1 Å². The van der Waals surface area contributed by atoms with Gasteiger partial charge in [0.2, 0.25) is 0 Å². The number of benzene rings is 2. The average Bonchev–Trinajstić information content (AvgIpc) is 2.81. The van der Waals surface area contributed by atoms with Crippen molar-refractivity contribution >= 4 is 16.7 Å². The molecule has 0 aliphatic carbocycles. The summed E-state index contributed by atoms with van der Waals surface area (Å²) in [5, 5.41) is 1.86. The number of hydrogen-bond donors (Lipinski definition) is 1. The lowest BCUT2D eigenvalue weighted by molar-refractivity contribution is -0.142. The number of methoxy groups -OCH3 is 3. The Balaban J connectivity index is 2.15. The summed E-state index contributed by atoms with van der Waals surface area (Å²) in [5.41, 5.74) is 9.64. The van der Waals surface area contributed by atoms with E-state index in [-0.39, 0.29) is 0 Å². The van der Waals surface area contributed by atoms with Crippen LogP contribution in [0.2, 0.25) is 0 Å². The number of nitrogens with zero attached hydrogens (tertiary/aromatic N) is 1. The highest BCUT2D eigenvalue weighted by Gasteiger charge is 2.20. The molecule has 1 atom stereocenters. The molecule has 1 heterocycles. The predicted octanol–water partition coefficient (Wildman–Crippen LogP) is 3.50. The third-order valence-electron chi connectivity index (χ3n) is 5.16. The molecule has 164 valence electrons. The van der Waals surface area contributed by atoms with Gasteiger partial charge < -0.3 is 24.7 Å². The number of aromatic nitrogens is 1. The maximum absolute atomic E-state index is 11.8. The van der Waals surface area contributed by atoms with Crippen LogP contribution in [0.15, 0.2) is 42.7 Å². The van der Waals surface area contributed by atoms with Gasteiger partial charge >= 0.3 is 5.97 Å². The first kappa shape index (κ1) is 22.5. The number of pyridine rings is 1. The van der Waals surface area contributed by atoms with Gasteiger partial charge in [0.15, 0.2) is 0 Å². The minimum atomic E-state index is -0.742. The molecule has 0 saturated heterocycles. The number of esters is 1. The molecule has 0 aliphatic rings. The lowest BCUT2D eigenvalue weighted by Gasteiger charge is -2.19. The summed E-state index contributed by atoms with van der Waals surface area (Å²) in [7, 11) is 4.60. The summed E-state index contributed by atoms with van der Waals surface area (Å²) >= 11 is 0. The third-order valence-corrected chi connectivity index (χ3v) is 5.16. The molecule has 3 aromatic rings. The highest BCUT2D eigenvalue weighted by atomic mass is 16.5. The zero-order valence-corrected chi connectivity index (χ0v) is 18.3. The van der Waals surface area contributed by atoms with E-state index < -0.39 is 12.0 Å². The minimum Gasteiger partial charge on any atom is -0.496 e. The molecule has 2 N–H and O–H groups in total. The Hall–Kier alpha value is -3.16.